The number of likely N-dealkylation sites (tertiary alicyclic amines) is 1. The molecule has 1 N–H and O–H groups in total. The Balaban J connectivity index is 1.30. The molecule has 0 aromatic carbocycles. The number of carbonyl (C=O) groups is 1. The molecular formula is C23H26FN9O2. The molecule has 1 saturated carbocycles. The number of aromatic nitrogens is 6. The number of anilines is 1. The van der Waals surface area contributed by atoms with Gasteiger partial charge >= 0.3 is 6.03 Å². The van der Waals surface area contributed by atoms with Crippen LogP contribution >= 0.6 is 0 Å². The standard InChI is InChI=1S/C23H26FN9O2/c1-13(2)17-12-33(31-29-17)18-4-7-26-16(11-25)19(18)27-22(34)32-8-5-23(3,6-9-32)21-28-20(35-30-21)14-10-15(14)24/h4,7,12-15H,5-6,8-10H2,1-3H3,(H,27,34)/t14-,15+/m1/s1. The van der Waals surface area contributed by atoms with E-state index in [2.05, 4.69) is 30.8 Å². The van der Waals surface area contributed by atoms with Gasteiger partial charge in [0, 0.05) is 24.7 Å². The zero-order valence-corrected chi connectivity index (χ0v) is 19.8. The third kappa shape index (κ3) is 4.34. The summed E-state index contributed by atoms with van der Waals surface area (Å²) in [7, 11) is 0. The van der Waals surface area contributed by atoms with Crippen molar-refractivity contribution in [2.24, 2.45) is 0 Å². The highest BCUT2D eigenvalue weighted by Gasteiger charge is 2.45. The van der Waals surface area contributed by atoms with Crippen LogP contribution in [-0.4, -0.2) is 60.3 Å². The van der Waals surface area contributed by atoms with Crippen molar-refractivity contribution in [3.63, 3.8) is 0 Å². The SMILES string of the molecule is CC(C)c1cn(-c2ccnc(C#N)c2NC(=O)N2CCC(C)(c3noc([C@@H]4C[C@@H]4F)n3)CC2)nn1. The molecule has 3 aromatic heterocycles. The van der Waals surface area contributed by atoms with Gasteiger partial charge in [0.1, 0.15) is 17.9 Å². The summed E-state index contributed by atoms with van der Waals surface area (Å²) in [5.41, 5.74) is 1.30. The molecule has 11 nitrogen and oxygen atoms in total. The van der Waals surface area contributed by atoms with Crippen molar-refractivity contribution in [3.8, 4) is 11.8 Å². The largest absolute Gasteiger partial charge is 0.339 e. The smallest absolute Gasteiger partial charge is 0.321 e. The number of alkyl halides is 1. The summed E-state index contributed by atoms with van der Waals surface area (Å²) in [6, 6.07) is 3.38. The number of nitrogens with zero attached hydrogens (tertiary/aromatic N) is 8. The first-order valence-corrected chi connectivity index (χ1v) is 11.6. The molecule has 12 heteroatoms. The Bertz CT molecular complexity index is 1290. The summed E-state index contributed by atoms with van der Waals surface area (Å²) in [6.07, 6.45) is 4.05. The number of nitrogens with one attached hydrogen (secondary N) is 1. The van der Waals surface area contributed by atoms with Gasteiger partial charge in [0.05, 0.1) is 23.5 Å². The summed E-state index contributed by atoms with van der Waals surface area (Å²) in [4.78, 5) is 23.4. The van der Waals surface area contributed by atoms with E-state index in [0.717, 1.165) is 5.69 Å². The van der Waals surface area contributed by atoms with Gasteiger partial charge in [-0.2, -0.15) is 10.2 Å². The summed E-state index contributed by atoms with van der Waals surface area (Å²) >= 11 is 0. The van der Waals surface area contributed by atoms with E-state index in [9.17, 15) is 14.4 Å². The van der Waals surface area contributed by atoms with Gasteiger partial charge in [0.15, 0.2) is 11.5 Å². The maximum Gasteiger partial charge on any atom is 0.321 e. The van der Waals surface area contributed by atoms with Crippen LogP contribution in [-0.2, 0) is 5.41 Å². The number of hydrogen-bond acceptors (Lipinski definition) is 8. The number of pyridine rings is 1. The number of amides is 2. The molecule has 0 spiro atoms. The van der Waals surface area contributed by atoms with Gasteiger partial charge in [-0.3, -0.25) is 0 Å². The van der Waals surface area contributed by atoms with Crippen molar-refractivity contribution >= 4 is 11.7 Å². The molecule has 4 heterocycles. The van der Waals surface area contributed by atoms with Crippen LogP contribution in [0.25, 0.3) is 5.69 Å². The van der Waals surface area contributed by atoms with E-state index in [4.69, 9.17) is 4.52 Å². The van der Waals surface area contributed by atoms with Gasteiger partial charge in [0.2, 0.25) is 5.89 Å². The first kappa shape index (κ1) is 22.9. The van der Waals surface area contributed by atoms with E-state index in [0.29, 0.717) is 49.8 Å². The first-order chi connectivity index (χ1) is 16.8. The third-order valence-electron chi connectivity index (χ3n) is 6.78. The predicted molar refractivity (Wildman–Crippen MR) is 122 cm³/mol. The normalized spacial score (nSPS) is 21.1. The zero-order valence-electron chi connectivity index (χ0n) is 19.8. The van der Waals surface area contributed by atoms with Crippen LogP contribution in [0.2, 0.25) is 0 Å². The average Bonchev–Trinajstić information content (AvgIpc) is 3.24. The minimum absolute atomic E-state index is 0.0878. The van der Waals surface area contributed by atoms with Gasteiger partial charge in [0.25, 0.3) is 0 Å². The summed E-state index contributed by atoms with van der Waals surface area (Å²) < 4.78 is 20.2. The van der Waals surface area contributed by atoms with E-state index >= 15 is 0 Å². The lowest BCUT2D eigenvalue weighted by Gasteiger charge is -2.37. The van der Waals surface area contributed by atoms with Crippen LogP contribution in [0.4, 0.5) is 14.9 Å². The van der Waals surface area contributed by atoms with Gasteiger partial charge in [-0.1, -0.05) is 31.1 Å². The number of rotatable bonds is 5. The summed E-state index contributed by atoms with van der Waals surface area (Å²) in [6.45, 7) is 6.96. The van der Waals surface area contributed by atoms with Crippen molar-refractivity contribution in [2.75, 3.05) is 18.4 Å². The Morgan fingerprint density at radius 3 is 2.74 bits per heavy atom. The average molecular weight is 480 g/mol. The second kappa shape index (κ2) is 8.72. The van der Waals surface area contributed by atoms with E-state index in [-0.39, 0.29) is 34.7 Å². The molecule has 1 aliphatic heterocycles. The van der Waals surface area contributed by atoms with Crippen molar-refractivity contribution in [1.29, 1.82) is 5.26 Å². The van der Waals surface area contributed by atoms with E-state index < -0.39 is 6.17 Å². The Hall–Kier alpha value is -3.88. The van der Waals surface area contributed by atoms with Crippen LogP contribution in [0.1, 0.15) is 75.0 Å². The molecule has 0 unspecified atom stereocenters. The van der Waals surface area contributed by atoms with Gasteiger partial charge < -0.3 is 14.7 Å². The molecular weight excluding hydrogens is 453 g/mol. The monoisotopic (exact) mass is 479 g/mol. The first-order valence-electron chi connectivity index (χ1n) is 11.6. The fourth-order valence-corrected chi connectivity index (χ4v) is 4.17. The Morgan fingerprint density at radius 2 is 2.11 bits per heavy atom. The van der Waals surface area contributed by atoms with Gasteiger partial charge in [-0.05, 0) is 31.2 Å². The second-order valence-electron chi connectivity index (χ2n) is 9.70. The molecule has 2 amide bonds. The number of nitriles is 1. The van der Waals surface area contributed by atoms with Crippen LogP contribution in [0, 0.1) is 11.3 Å². The second-order valence-corrected chi connectivity index (χ2v) is 9.70. The van der Waals surface area contributed by atoms with Crippen LogP contribution in [0.5, 0.6) is 0 Å². The Labute approximate surface area is 201 Å². The molecule has 2 atom stereocenters. The minimum Gasteiger partial charge on any atom is -0.339 e. The number of carbonyl (C=O) groups excluding carboxylic acids is 1. The molecule has 2 fully saturated rings. The predicted octanol–water partition coefficient (Wildman–Crippen LogP) is 3.45. The Kier molecular flexibility index (Phi) is 5.70. The van der Waals surface area contributed by atoms with Crippen LogP contribution in [0.15, 0.2) is 23.0 Å². The van der Waals surface area contributed by atoms with Crippen molar-refractivity contribution in [1.82, 2.24) is 35.0 Å². The fourth-order valence-electron chi connectivity index (χ4n) is 4.17. The lowest BCUT2D eigenvalue weighted by atomic mass is 9.80. The highest BCUT2D eigenvalue weighted by Crippen LogP contribution is 2.43. The third-order valence-corrected chi connectivity index (χ3v) is 6.78. The molecule has 0 bridgehead atoms. The molecule has 3 aromatic rings. The summed E-state index contributed by atoms with van der Waals surface area (Å²) in [5.74, 6) is 0.811. The number of halogens is 1. The molecule has 2 aliphatic rings. The van der Waals surface area contributed by atoms with E-state index in [1.54, 1.807) is 17.2 Å². The van der Waals surface area contributed by atoms with Crippen molar-refractivity contribution < 1.29 is 13.7 Å². The van der Waals surface area contributed by atoms with Crippen LogP contribution < -0.4 is 5.32 Å². The quantitative estimate of drug-likeness (QED) is 0.587. The Morgan fingerprint density at radius 1 is 1.37 bits per heavy atom. The van der Waals surface area contributed by atoms with Crippen LogP contribution in [0.3, 0.4) is 0 Å². The zero-order chi connectivity index (χ0) is 24.7. The number of hydrogen-bond donors (Lipinski definition) is 1. The maximum atomic E-state index is 13.3. The molecule has 1 aliphatic carbocycles. The molecule has 5 rings (SSSR count). The highest BCUT2D eigenvalue weighted by molar-refractivity contribution is 5.93. The van der Waals surface area contributed by atoms with Crippen molar-refractivity contribution in [2.45, 2.75) is 63.5 Å². The summed E-state index contributed by atoms with van der Waals surface area (Å²) in [5, 5.41) is 24.9. The van der Waals surface area contributed by atoms with E-state index in [1.165, 1.54) is 10.9 Å². The lowest BCUT2D eigenvalue weighted by molar-refractivity contribution is 0.169. The molecule has 1 saturated heterocycles. The molecule has 182 valence electrons. The number of piperidine rings is 1. The highest BCUT2D eigenvalue weighted by atomic mass is 19.1. The minimum atomic E-state index is -0.896. The maximum absolute atomic E-state index is 13.3. The molecule has 35 heavy (non-hydrogen) atoms. The lowest BCUT2D eigenvalue weighted by Crippen LogP contribution is -2.46. The van der Waals surface area contributed by atoms with Gasteiger partial charge in [-0.25, -0.2) is 18.9 Å². The topological polar surface area (TPSA) is 139 Å². The molecule has 0 radical (unpaired) electrons. The van der Waals surface area contributed by atoms with Gasteiger partial charge in [-0.15, -0.1) is 5.10 Å². The van der Waals surface area contributed by atoms with Crippen molar-refractivity contribution in [3.05, 3.63) is 41.6 Å². The fraction of sp³-hybridized carbons (Fsp3) is 0.522. The van der Waals surface area contributed by atoms with E-state index in [1.807, 2.05) is 26.8 Å². The number of urea groups is 1.